The number of pyridine rings is 1. The molecule has 2 heterocycles. The quantitative estimate of drug-likeness (QED) is 0.601. The van der Waals surface area contributed by atoms with Crippen molar-refractivity contribution in [3.8, 4) is 0 Å². The zero-order chi connectivity index (χ0) is 18.3. The van der Waals surface area contributed by atoms with Crippen molar-refractivity contribution in [2.45, 2.75) is 46.6 Å². The van der Waals surface area contributed by atoms with E-state index in [0.717, 1.165) is 5.57 Å². The number of amides is 1. The highest BCUT2D eigenvalue weighted by atomic mass is 16.6. The maximum atomic E-state index is 12.0. The first-order valence-electron chi connectivity index (χ1n) is 8.05. The second kappa shape index (κ2) is 8.42. The summed E-state index contributed by atoms with van der Waals surface area (Å²) in [6, 6.07) is 4.71. The summed E-state index contributed by atoms with van der Waals surface area (Å²) in [6.45, 7) is 10.4. The van der Waals surface area contributed by atoms with Gasteiger partial charge >= 0.3 is 11.9 Å². The van der Waals surface area contributed by atoms with Gasteiger partial charge in [0.1, 0.15) is 5.60 Å². The van der Waals surface area contributed by atoms with Crippen molar-refractivity contribution < 1.29 is 14.5 Å². The van der Waals surface area contributed by atoms with E-state index in [1.54, 1.807) is 17.0 Å². The van der Waals surface area contributed by atoms with Crippen LogP contribution < -0.4 is 0 Å². The Labute approximate surface area is 142 Å². The number of ether oxygens (including phenoxy) is 1. The summed E-state index contributed by atoms with van der Waals surface area (Å²) in [4.78, 5) is 27.8. The summed E-state index contributed by atoms with van der Waals surface area (Å²) in [5.74, 6) is -0.173. The van der Waals surface area contributed by atoms with Gasteiger partial charge in [-0.05, 0) is 49.2 Å². The summed E-state index contributed by atoms with van der Waals surface area (Å²) in [5, 5.41) is 10.8. The average Bonchev–Trinajstić information content (AvgIpc) is 2.55. The van der Waals surface area contributed by atoms with Crippen LogP contribution in [0.5, 0.6) is 0 Å². The number of nitrogens with zero attached hydrogens (tertiary/aromatic N) is 3. The topological polar surface area (TPSA) is 85.6 Å². The number of carbonyl (C=O) groups is 1. The van der Waals surface area contributed by atoms with Gasteiger partial charge < -0.3 is 19.8 Å². The molecule has 0 spiro atoms. The second-order valence-corrected chi connectivity index (χ2v) is 6.04. The lowest BCUT2D eigenvalue weighted by atomic mass is 10.0. The minimum absolute atomic E-state index is 0.173. The third-order valence-electron chi connectivity index (χ3n) is 3.11. The third-order valence-corrected chi connectivity index (χ3v) is 3.11. The van der Waals surface area contributed by atoms with E-state index in [2.05, 4.69) is 4.98 Å². The van der Waals surface area contributed by atoms with Crippen LogP contribution in [0.1, 0.15) is 46.7 Å². The normalized spacial score (nSPS) is 14.2. The fourth-order valence-electron chi connectivity index (χ4n) is 2.10. The van der Waals surface area contributed by atoms with Crippen LogP contribution in [0, 0.1) is 10.1 Å². The van der Waals surface area contributed by atoms with Crippen molar-refractivity contribution in [1.82, 2.24) is 9.88 Å². The smallest absolute Gasteiger partial charge is 0.410 e. The van der Waals surface area contributed by atoms with Crippen molar-refractivity contribution in [3.63, 3.8) is 0 Å². The lowest BCUT2D eigenvalue weighted by Gasteiger charge is -2.29. The van der Waals surface area contributed by atoms with Gasteiger partial charge in [-0.1, -0.05) is 19.9 Å². The maximum absolute atomic E-state index is 12.0. The van der Waals surface area contributed by atoms with Gasteiger partial charge in [0.2, 0.25) is 0 Å². The molecule has 24 heavy (non-hydrogen) atoms. The molecule has 1 aliphatic heterocycles. The number of rotatable bonds is 2. The highest BCUT2D eigenvalue weighted by Crippen LogP contribution is 2.23. The molecule has 0 atom stereocenters. The molecule has 7 heteroatoms. The van der Waals surface area contributed by atoms with Crippen LogP contribution in [0.25, 0.3) is 5.57 Å². The van der Waals surface area contributed by atoms with E-state index in [-0.39, 0.29) is 11.9 Å². The zero-order valence-corrected chi connectivity index (χ0v) is 14.9. The molecule has 0 saturated carbocycles. The van der Waals surface area contributed by atoms with E-state index < -0.39 is 10.5 Å². The van der Waals surface area contributed by atoms with Crippen LogP contribution in [-0.4, -0.2) is 39.6 Å². The minimum Gasteiger partial charge on any atom is -0.444 e. The Hall–Kier alpha value is -2.44. The molecule has 1 aromatic rings. The van der Waals surface area contributed by atoms with E-state index in [9.17, 15) is 14.9 Å². The van der Waals surface area contributed by atoms with Gasteiger partial charge in [0.25, 0.3) is 0 Å². The van der Waals surface area contributed by atoms with Crippen molar-refractivity contribution in [2.24, 2.45) is 0 Å². The van der Waals surface area contributed by atoms with E-state index in [1.807, 2.05) is 40.7 Å². The Kier molecular flexibility index (Phi) is 6.88. The van der Waals surface area contributed by atoms with Crippen LogP contribution in [0.2, 0.25) is 0 Å². The van der Waals surface area contributed by atoms with E-state index in [1.165, 1.54) is 6.07 Å². The van der Waals surface area contributed by atoms with Crippen molar-refractivity contribution in [3.05, 3.63) is 40.1 Å². The number of carbonyl (C=O) groups excluding carboxylic acids is 1. The Bertz CT molecular complexity index is 621. The number of hydrogen-bond donors (Lipinski definition) is 0. The van der Waals surface area contributed by atoms with Crippen LogP contribution >= 0.6 is 0 Å². The molecule has 0 aliphatic carbocycles. The molecule has 0 aromatic carbocycles. The lowest BCUT2D eigenvalue weighted by molar-refractivity contribution is -0.389. The average molecular weight is 335 g/mol. The van der Waals surface area contributed by atoms with E-state index in [0.29, 0.717) is 25.2 Å². The van der Waals surface area contributed by atoms with Gasteiger partial charge in [-0.2, -0.15) is 0 Å². The molecular weight excluding hydrogens is 310 g/mol. The van der Waals surface area contributed by atoms with Gasteiger partial charge in [-0.15, -0.1) is 0 Å². The third kappa shape index (κ3) is 5.64. The molecule has 0 fully saturated rings. The monoisotopic (exact) mass is 335 g/mol. The Morgan fingerprint density at radius 3 is 2.50 bits per heavy atom. The largest absolute Gasteiger partial charge is 0.444 e. The van der Waals surface area contributed by atoms with Crippen LogP contribution in [0.3, 0.4) is 0 Å². The maximum Gasteiger partial charge on any atom is 0.410 e. The standard InChI is InChI=1S/C15H19N3O4.C2H6/c1-15(2,3)22-14(19)17-9-7-11(8-10-17)12-5-4-6-13(16-12)18(20)21;1-2/h4-7H,8-10H2,1-3H3;1-2H3. The molecule has 1 aromatic heterocycles. The van der Waals surface area contributed by atoms with Gasteiger partial charge in [0, 0.05) is 24.7 Å². The summed E-state index contributed by atoms with van der Waals surface area (Å²) < 4.78 is 5.32. The first-order valence-corrected chi connectivity index (χ1v) is 8.05. The summed E-state index contributed by atoms with van der Waals surface area (Å²) in [6.07, 6.45) is 2.10. The van der Waals surface area contributed by atoms with E-state index >= 15 is 0 Å². The predicted octanol–water partition coefficient (Wildman–Crippen LogP) is 4.04. The zero-order valence-electron chi connectivity index (χ0n) is 14.9. The predicted molar refractivity (Wildman–Crippen MR) is 92.6 cm³/mol. The molecule has 0 N–H and O–H groups in total. The molecule has 132 valence electrons. The first kappa shape index (κ1) is 19.6. The lowest BCUT2D eigenvalue weighted by Crippen LogP contribution is -2.39. The van der Waals surface area contributed by atoms with Gasteiger partial charge in [0.15, 0.2) is 5.69 Å². The van der Waals surface area contributed by atoms with Crippen molar-refractivity contribution in [2.75, 3.05) is 13.1 Å². The fourth-order valence-corrected chi connectivity index (χ4v) is 2.10. The Morgan fingerprint density at radius 1 is 1.33 bits per heavy atom. The van der Waals surface area contributed by atoms with E-state index in [4.69, 9.17) is 4.74 Å². The second-order valence-electron chi connectivity index (χ2n) is 6.04. The highest BCUT2D eigenvalue weighted by molar-refractivity contribution is 5.72. The summed E-state index contributed by atoms with van der Waals surface area (Å²) >= 11 is 0. The van der Waals surface area contributed by atoms with Crippen molar-refractivity contribution in [1.29, 1.82) is 0 Å². The molecule has 1 amide bonds. The van der Waals surface area contributed by atoms with Crippen molar-refractivity contribution >= 4 is 17.5 Å². The SMILES string of the molecule is CC.CC(C)(C)OC(=O)N1CC=C(c2cccc([N+](=O)[O-])n2)CC1. The van der Waals surface area contributed by atoms with Gasteiger partial charge in [-0.25, -0.2) is 4.79 Å². The Balaban J connectivity index is 0.00000139. The van der Waals surface area contributed by atoms with Gasteiger partial charge in [0.05, 0.1) is 0 Å². The van der Waals surface area contributed by atoms with Crippen LogP contribution in [0.4, 0.5) is 10.6 Å². The first-order chi connectivity index (χ1) is 11.3. The van der Waals surface area contributed by atoms with Crippen LogP contribution in [-0.2, 0) is 4.74 Å². The number of aromatic nitrogens is 1. The minimum atomic E-state index is -0.525. The Morgan fingerprint density at radius 2 is 2.00 bits per heavy atom. The number of nitro groups is 1. The molecule has 0 radical (unpaired) electrons. The molecule has 0 bridgehead atoms. The molecule has 0 saturated heterocycles. The highest BCUT2D eigenvalue weighted by Gasteiger charge is 2.25. The molecule has 0 unspecified atom stereocenters. The molecule has 1 aliphatic rings. The summed E-state index contributed by atoms with van der Waals surface area (Å²) in [5.41, 5.74) is 0.962. The number of hydrogen-bond acceptors (Lipinski definition) is 5. The summed E-state index contributed by atoms with van der Waals surface area (Å²) in [7, 11) is 0. The van der Waals surface area contributed by atoms with Crippen LogP contribution in [0.15, 0.2) is 24.3 Å². The van der Waals surface area contributed by atoms with Gasteiger partial charge in [-0.3, -0.25) is 0 Å². The molecule has 2 rings (SSSR count). The fraction of sp³-hybridized carbons (Fsp3) is 0.529. The molecular formula is C17H25N3O4. The molecule has 7 nitrogen and oxygen atoms in total.